The first kappa shape index (κ1) is 18.4. The Morgan fingerprint density at radius 1 is 1.11 bits per heavy atom. The predicted octanol–water partition coefficient (Wildman–Crippen LogP) is 5.77. The Morgan fingerprint density at radius 3 is 2.64 bits per heavy atom. The molecule has 28 heavy (non-hydrogen) atoms. The maximum Gasteiger partial charge on any atom is 0.346 e. The van der Waals surface area contributed by atoms with E-state index in [9.17, 15) is 4.79 Å². The molecule has 2 aromatic carbocycles. The van der Waals surface area contributed by atoms with Gasteiger partial charge < -0.3 is 9.15 Å². The number of thiazole rings is 1. The van der Waals surface area contributed by atoms with E-state index in [1.165, 1.54) is 11.1 Å². The number of methoxy groups -OCH3 is 1. The van der Waals surface area contributed by atoms with Gasteiger partial charge in [-0.15, -0.1) is 11.3 Å². The van der Waals surface area contributed by atoms with Crippen LogP contribution in [0.5, 0.6) is 5.75 Å². The Bertz CT molecular complexity index is 1240. The second-order valence-corrected chi connectivity index (χ2v) is 7.87. The molecule has 4 nitrogen and oxygen atoms in total. The molecule has 0 aliphatic rings. The third-order valence-electron chi connectivity index (χ3n) is 4.83. The SMILES string of the molecule is CCc1sc(-c2cc3cccc(OC)c3oc2=O)nc1-c1ccc(C)cc1C. The van der Waals surface area contributed by atoms with Crippen LogP contribution in [0.15, 0.2) is 51.7 Å². The van der Waals surface area contributed by atoms with Gasteiger partial charge in [0.05, 0.1) is 18.4 Å². The zero-order valence-electron chi connectivity index (χ0n) is 16.3. The molecule has 4 aromatic rings. The van der Waals surface area contributed by atoms with Crippen LogP contribution >= 0.6 is 11.3 Å². The van der Waals surface area contributed by atoms with Crippen LogP contribution < -0.4 is 10.4 Å². The quantitative estimate of drug-likeness (QED) is 0.414. The van der Waals surface area contributed by atoms with Crippen molar-refractivity contribution in [1.29, 1.82) is 0 Å². The van der Waals surface area contributed by atoms with Gasteiger partial charge >= 0.3 is 5.63 Å². The normalized spacial score (nSPS) is 11.1. The minimum absolute atomic E-state index is 0.402. The number of para-hydroxylation sites is 1. The van der Waals surface area contributed by atoms with Gasteiger partial charge in [0.15, 0.2) is 11.3 Å². The summed E-state index contributed by atoms with van der Waals surface area (Å²) < 4.78 is 10.9. The zero-order valence-corrected chi connectivity index (χ0v) is 17.1. The Hall–Kier alpha value is -2.92. The summed E-state index contributed by atoms with van der Waals surface area (Å²) in [6, 6.07) is 13.8. The summed E-state index contributed by atoms with van der Waals surface area (Å²) in [6.45, 7) is 6.29. The molecule has 2 aromatic heterocycles. The van der Waals surface area contributed by atoms with Gasteiger partial charge in [0.25, 0.3) is 0 Å². The van der Waals surface area contributed by atoms with Crippen molar-refractivity contribution in [2.75, 3.05) is 7.11 Å². The van der Waals surface area contributed by atoms with Gasteiger partial charge in [-0.05, 0) is 38.0 Å². The van der Waals surface area contributed by atoms with E-state index in [0.29, 0.717) is 21.9 Å². The molecular formula is C23H21NO3S. The van der Waals surface area contributed by atoms with Crippen LogP contribution in [0.2, 0.25) is 0 Å². The van der Waals surface area contributed by atoms with Crippen molar-refractivity contribution in [2.45, 2.75) is 27.2 Å². The highest BCUT2D eigenvalue weighted by Gasteiger charge is 2.18. The van der Waals surface area contributed by atoms with Crippen molar-refractivity contribution >= 4 is 22.3 Å². The number of hydrogen-bond acceptors (Lipinski definition) is 5. The third kappa shape index (κ3) is 3.12. The van der Waals surface area contributed by atoms with Crippen LogP contribution in [0.25, 0.3) is 32.8 Å². The topological polar surface area (TPSA) is 52.3 Å². The van der Waals surface area contributed by atoms with E-state index in [0.717, 1.165) is 27.9 Å². The molecule has 0 fully saturated rings. The summed E-state index contributed by atoms with van der Waals surface area (Å²) in [5, 5.41) is 1.50. The number of fused-ring (bicyclic) bond motifs is 1. The van der Waals surface area contributed by atoms with Crippen LogP contribution in [-0.2, 0) is 6.42 Å². The number of aryl methyl sites for hydroxylation is 3. The van der Waals surface area contributed by atoms with Gasteiger partial charge in [-0.25, -0.2) is 9.78 Å². The Morgan fingerprint density at radius 2 is 1.93 bits per heavy atom. The van der Waals surface area contributed by atoms with Crippen molar-refractivity contribution in [1.82, 2.24) is 4.98 Å². The van der Waals surface area contributed by atoms with E-state index in [2.05, 4.69) is 39.0 Å². The molecule has 0 saturated carbocycles. The first-order chi connectivity index (χ1) is 13.5. The highest BCUT2D eigenvalue weighted by Crippen LogP contribution is 2.36. The van der Waals surface area contributed by atoms with Crippen molar-refractivity contribution in [3.63, 3.8) is 0 Å². The van der Waals surface area contributed by atoms with Crippen LogP contribution in [0.1, 0.15) is 22.9 Å². The summed E-state index contributed by atoms with van der Waals surface area (Å²) in [7, 11) is 1.56. The molecule has 0 spiro atoms. The lowest BCUT2D eigenvalue weighted by Crippen LogP contribution is -2.03. The van der Waals surface area contributed by atoms with Crippen LogP contribution in [-0.4, -0.2) is 12.1 Å². The van der Waals surface area contributed by atoms with Crippen molar-refractivity contribution in [2.24, 2.45) is 0 Å². The zero-order chi connectivity index (χ0) is 19.8. The number of rotatable bonds is 4. The Kier molecular flexibility index (Phi) is 4.77. The Labute approximate surface area is 167 Å². The third-order valence-corrected chi connectivity index (χ3v) is 6.06. The molecule has 0 radical (unpaired) electrons. The molecule has 0 amide bonds. The van der Waals surface area contributed by atoms with Gasteiger partial charge in [0.1, 0.15) is 5.01 Å². The number of aromatic nitrogens is 1. The van der Waals surface area contributed by atoms with Gasteiger partial charge in [-0.3, -0.25) is 0 Å². The molecule has 0 unspecified atom stereocenters. The molecule has 2 heterocycles. The van der Waals surface area contributed by atoms with E-state index in [-0.39, 0.29) is 0 Å². The molecule has 0 atom stereocenters. The molecule has 4 rings (SSSR count). The maximum atomic E-state index is 12.7. The van der Waals surface area contributed by atoms with E-state index in [1.54, 1.807) is 24.5 Å². The lowest BCUT2D eigenvalue weighted by atomic mass is 10.0. The molecule has 142 valence electrons. The average Bonchev–Trinajstić information content (AvgIpc) is 3.10. The second kappa shape index (κ2) is 7.24. The molecule has 0 aliphatic carbocycles. The average molecular weight is 391 g/mol. The number of ether oxygens (including phenoxy) is 1. The summed E-state index contributed by atoms with van der Waals surface area (Å²) in [5.74, 6) is 0.547. The fraction of sp³-hybridized carbons (Fsp3) is 0.217. The smallest absolute Gasteiger partial charge is 0.346 e. The first-order valence-electron chi connectivity index (χ1n) is 9.20. The number of hydrogen-bond donors (Lipinski definition) is 0. The van der Waals surface area contributed by atoms with E-state index < -0.39 is 5.63 Å². The lowest BCUT2D eigenvalue weighted by Gasteiger charge is -2.06. The molecular weight excluding hydrogens is 370 g/mol. The molecule has 0 bridgehead atoms. The molecule has 0 N–H and O–H groups in total. The maximum absolute atomic E-state index is 12.7. The minimum atomic E-state index is -0.402. The lowest BCUT2D eigenvalue weighted by molar-refractivity contribution is 0.407. The summed E-state index contributed by atoms with van der Waals surface area (Å²) in [4.78, 5) is 18.7. The van der Waals surface area contributed by atoms with Crippen molar-refractivity contribution in [3.05, 3.63) is 68.9 Å². The van der Waals surface area contributed by atoms with Gasteiger partial charge in [-0.1, -0.05) is 42.8 Å². The van der Waals surface area contributed by atoms with Crippen LogP contribution in [0, 0.1) is 13.8 Å². The van der Waals surface area contributed by atoms with Crippen molar-refractivity contribution in [3.8, 4) is 27.6 Å². The fourth-order valence-electron chi connectivity index (χ4n) is 3.42. The molecule has 5 heteroatoms. The summed E-state index contributed by atoms with van der Waals surface area (Å²) >= 11 is 1.55. The predicted molar refractivity (Wildman–Crippen MR) is 114 cm³/mol. The van der Waals surface area contributed by atoms with Gasteiger partial charge in [-0.2, -0.15) is 0 Å². The van der Waals surface area contributed by atoms with Gasteiger partial charge in [0, 0.05) is 15.8 Å². The van der Waals surface area contributed by atoms with E-state index >= 15 is 0 Å². The highest BCUT2D eigenvalue weighted by atomic mass is 32.1. The monoisotopic (exact) mass is 391 g/mol. The van der Waals surface area contributed by atoms with Crippen LogP contribution in [0.4, 0.5) is 0 Å². The van der Waals surface area contributed by atoms with E-state index in [1.807, 2.05) is 18.2 Å². The summed E-state index contributed by atoms with van der Waals surface area (Å²) in [5.41, 5.74) is 5.00. The minimum Gasteiger partial charge on any atom is -0.493 e. The number of nitrogens with zero attached hydrogens (tertiary/aromatic N) is 1. The van der Waals surface area contributed by atoms with Crippen molar-refractivity contribution < 1.29 is 9.15 Å². The van der Waals surface area contributed by atoms with E-state index in [4.69, 9.17) is 14.1 Å². The second-order valence-electron chi connectivity index (χ2n) is 6.79. The largest absolute Gasteiger partial charge is 0.493 e. The van der Waals surface area contributed by atoms with Crippen LogP contribution in [0.3, 0.4) is 0 Å². The highest BCUT2D eigenvalue weighted by molar-refractivity contribution is 7.15. The molecule has 0 aliphatic heterocycles. The standard InChI is InChI=1S/C23H21NO3S/c1-5-19-20(16-10-9-13(2)11-14(16)3)24-22(28-19)17-12-15-7-6-8-18(26-4)21(15)27-23(17)25/h6-12H,5H2,1-4H3. The first-order valence-corrected chi connectivity index (χ1v) is 10.0. The van der Waals surface area contributed by atoms with Gasteiger partial charge in [0.2, 0.25) is 0 Å². The fourth-order valence-corrected chi connectivity index (χ4v) is 4.44. The summed E-state index contributed by atoms with van der Waals surface area (Å²) in [6.07, 6.45) is 0.854. The Balaban J connectivity index is 1.90. The molecule has 0 saturated heterocycles. The number of benzene rings is 2.